The molecule has 0 bridgehead atoms. The zero-order valence-corrected chi connectivity index (χ0v) is 18.2. The van der Waals surface area contributed by atoms with Gasteiger partial charge in [0, 0.05) is 57.6 Å². The van der Waals surface area contributed by atoms with Gasteiger partial charge < -0.3 is 30.7 Å². The van der Waals surface area contributed by atoms with Gasteiger partial charge in [-0.15, -0.1) is 0 Å². The first-order valence-corrected chi connectivity index (χ1v) is 10.6. The lowest BCUT2D eigenvalue weighted by Gasteiger charge is -2.38. The maximum absolute atomic E-state index is 10.6. The standard InChI is InChI=1S/C19H32N4O.C2HF3O2/c1-3-16-12-17(20)19(24-2)13-18(16)23-8-4-15(5-9-23)14-22-10-6-21-7-11-22;3-2(4,5)1(6)7/h12-13,15,21H,3-11,14,20H2,1-2H3;(H,6,7). The number of nitrogen functional groups attached to an aromatic ring is 1. The molecule has 0 aromatic heterocycles. The number of nitrogens with one attached hydrogen (secondary N) is 1. The molecule has 31 heavy (non-hydrogen) atoms. The number of nitrogens with two attached hydrogens (primary N) is 1. The van der Waals surface area contributed by atoms with Gasteiger partial charge in [-0.25, -0.2) is 4.79 Å². The molecule has 0 amide bonds. The van der Waals surface area contributed by atoms with E-state index in [2.05, 4.69) is 34.2 Å². The monoisotopic (exact) mass is 446 g/mol. The van der Waals surface area contributed by atoms with Gasteiger partial charge in [-0.1, -0.05) is 6.92 Å². The van der Waals surface area contributed by atoms with Crippen LogP contribution in [0.15, 0.2) is 12.1 Å². The SMILES string of the molecule is CCc1cc(N)c(OC)cc1N1CCC(CN2CCNCC2)CC1.O=C(O)C(F)(F)F. The van der Waals surface area contributed by atoms with Gasteiger partial charge in [0.05, 0.1) is 12.8 Å². The van der Waals surface area contributed by atoms with Crippen LogP contribution in [0, 0.1) is 5.92 Å². The first kappa shape index (κ1) is 25.1. The summed E-state index contributed by atoms with van der Waals surface area (Å²) in [5, 5.41) is 10.6. The first-order valence-electron chi connectivity index (χ1n) is 10.6. The molecule has 176 valence electrons. The second-order valence-electron chi connectivity index (χ2n) is 7.86. The summed E-state index contributed by atoms with van der Waals surface area (Å²) in [6.45, 7) is 10.4. The number of piperazine rings is 1. The lowest BCUT2D eigenvalue weighted by molar-refractivity contribution is -0.192. The second kappa shape index (κ2) is 11.4. The number of rotatable bonds is 5. The van der Waals surface area contributed by atoms with E-state index in [1.54, 1.807) is 7.11 Å². The van der Waals surface area contributed by atoms with Crippen molar-refractivity contribution < 1.29 is 27.8 Å². The summed E-state index contributed by atoms with van der Waals surface area (Å²) in [5.41, 5.74) is 9.46. The minimum absolute atomic E-state index is 0.742. The Hall–Kier alpha value is -2.20. The van der Waals surface area contributed by atoms with Gasteiger partial charge in [0.2, 0.25) is 0 Å². The number of piperidine rings is 1. The zero-order chi connectivity index (χ0) is 23.0. The van der Waals surface area contributed by atoms with Gasteiger partial charge in [-0.2, -0.15) is 13.2 Å². The van der Waals surface area contributed by atoms with Crippen LogP contribution in [0.5, 0.6) is 5.75 Å². The molecule has 2 heterocycles. The van der Waals surface area contributed by atoms with E-state index < -0.39 is 12.1 Å². The van der Waals surface area contributed by atoms with Gasteiger partial charge in [-0.05, 0) is 36.8 Å². The maximum Gasteiger partial charge on any atom is 0.490 e. The number of methoxy groups -OCH3 is 1. The topological polar surface area (TPSA) is 91.1 Å². The Morgan fingerprint density at radius 1 is 1.23 bits per heavy atom. The van der Waals surface area contributed by atoms with E-state index in [0.717, 1.165) is 50.0 Å². The normalized spacial score (nSPS) is 18.3. The van der Waals surface area contributed by atoms with Crippen molar-refractivity contribution >= 4 is 17.3 Å². The number of ether oxygens (including phenoxy) is 1. The maximum atomic E-state index is 10.6. The van der Waals surface area contributed by atoms with E-state index in [0.29, 0.717) is 0 Å². The number of hydrogen-bond donors (Lipinski definition) is 3. The molecule has 0 saturated carbocycles. The largest absolute Gasteiger partial charge is 0.495 e. The van der Waals surface area contributed by atoms with E-state index in [4.69, 9.17) is 20.4 Å². The van der Waals surface area contributed by atoms with Crippen LogP contribution in [-0.2, 0) is 11.2 Å². The number of benzene rings is 1. The van der Waals surface area contributed by atoms with Crippen LogP contribution in [0.25, 0.3) is 0 Å². The quantitative estimate of drug-likeness (QED) is 0.599. The van der Waals surface area contributed by atoms with E-state index >= 15 is 0 Å². The molecule has 2 aliphatic heterocycles. The van der Waals surface area contributed by atoms with Crippen molar-refractivity contribution in [3.8, 4) is 5.75 Å². The van der Waals surface area contributed by atoms with Gasteiger partial charge >= 0.3 is 12.1 Å². The number of carboxylic acid groups (broad SMARTS) is 1. The average molecular weight is 447 g/mol. The number of aliphatic carboxylic acids is 1. The number of carbonyl (C=O) groups is 1. The van der Waals surface area contributed by atoms with Crippen LogP contribution in [-0.4, -0.2) is 75.1 Å². The predicted octanol–water partition coefficient (Wildman–Crippen LogP) is 2.59. The number of aryl methyl sites for hydroxylation is 1. The van der Waals surface area contributed by atoms with Crippen LogP contribution in [0.2, 0.25) is 0 Å². The molecule has 3 rings (SSSR count). The molecule has 7 nitrogen and oxygen atoms in total. The molecule has 0 unspecified atom stereocenters. The molecule has 0 radical (unpaired) electrons. The third kappa shape index (κ3) is 7.46. The third-order valence-corrected chi connectivity index (χ3v) is 5.74. The minimum Gasteiger partial charge on any atom is -0.495 e. The highest BCUT2D eigenvalue weighted by Gasteiger charge is 2.38. The van der Waals surface area contributed by atoms with Crippen LogP contribution < -0.4 is 20.7 Å². The van der Waals surface area contributed by atoms with Crippen LogP contribution in [0.4, 0.5) is 24.5 Å². The number of anilines is 2. The number of hydrogen-bond acceptors (Lipinski definition) is 6. The van der Waals surface area contributed by atoms with Gasteiger partial charge in [0.25, 0.3) is 0 Å². The third-order valence-electron chi connectivity index (χ3n) is 5.74. The Bertz CT molecular complexity index is 717. The summed E-state index contributed by atoms with van der Waals surface area (Å²) in [6.07, 6.45) is -1.52. The lowest BCUT2D eigenvalue weighted by Crippen LogP contribution is -2.47. The number of carboxylic acids is 1. The van der Waals surface area contributed by atoms with Crippen molar-refractivity contribution in [1.29, 1.82) is 0 Å². The molecule has 2 fully saturated rings. The number of alkyl halides is 3. The Kier molecular flexibility index (Phi) is 9.24. The van der Waals surface area contributed by atoms with E-state index in [1.165, 1.54) is 43.7 Å². The van der Waals surface area contributed by atoms with E-state index in [9.17, 15) is 13.2 Å². The Labute approximate surface area is 181 Å². The molecule has 10 heteroatoms. The molecule has 1 aromatic carbocycles. The van der Waals surface area contributed by atoms with Crippen molar-refractivity contribution in [3.63, 3.8) is 0 Å². The molecule has 1 aromatic rings. The molecule has 0 aliphatic carbocycles. The lowest BCUT2D eigenvalue weighted by atomic mass is 9.94. The molecular formula is C21H33F3N4O3. The summed E-state index contributed by atoms with van der Waals surface area (Å²) >= 11 is 0. The van der Waals surface area contributed by atoms with Crippen molar-refractivity contribution in [2.75, 3.05) is 63.6 Å². The van der Waals surface area contributed by atoms with E-state index in [1.807, 2.05) is 0 Å². The van der Waals surface area contributed by atoms with Crippen LogP contribution in [0.3, 0.4) is 0 Å². The fourth-order valence-corrected chi connectivity index (χ4v) is 4.00. The molecular weight excluding hydrogens is 413 g/mol. The van der Waals surface area contributed by atoms with Crippen molar-refractivity contribution in [2.24, 2.45) is 5.92 Å². The summed E-state index contributed by atoms with van der Waals surface area (Å²) in [7, 11) is 1.70. The smallest absolute Gasteiger partial charge is 0.490 e. The summed E-state index contributed by atoms with van der Waals surface area (Å²) < 4.78 is 37.2. The van der Waals surface area contributed by atoms with Crippen LogP contribution >= 0.6 is 0 Å². The molecule has 4 N–H and O–H groups in total. The molecule has 0 spiro atoms. The Balaban J connectivity index is 0.000000423. The fraction of sp³-hybridized carbons (Fsp3) is 0.667. The highest BCUT2D eigenvalue weighted by Crippen LogP contribution is 2.34. The summed E-state index contributed by atoms with van der Waals surface area (Å²) in [4.78, 5) is 14.0. The number of nitrogens with zero attached hydrogens (tertiary/aromatic N) is 2. The van der Waals surface area contributed by atoms with Crippen molar-refractivity contribution in [3.05, 3.63) is 17.7 Å². The second-order valence-corrected chi connectivity index (χ2v) is 7.86. The molecule has 2 saturated heterocycles. The molecule has 2 aliphatic rings. The van der Waals surface area contributed by atoms with Gasteiger partial charge in [0.1, 0.15) is 5.75 Å². The van der Waals surface area contributed by atoms with Gasteiger partial charge in [-0.3, -0.25) is 0 Å². The average Bonchev–Trinajstić information content (AvgIpc) is 2.74. The highest BCUT2D eigenvalue weighted by molar-refractivity contribution is 5.73. The number of halogens is 3. The first-order chi connectivity index (χ1) is 14.7. The summed E-state index contributed by atoms with van der Waals surface area (Å²) in [6, 6.07) is 4.21. The Morgan fingerprint density at radius 2 is 1.81 bits per heavy atom. The highest BCUT2D eigenvalue weighted by atomic mass is 19.4. The zero-order valence-electron chi connectivity index (χ0n) is 18.2. The van der Waals surface area contributed by atoms with Crippen LogP contribution in [0.1, 0.15) is 25.3 Å². The van der Waals surface area contributed by atoms with Crippen molar-refractivity contribution in [1.82, 2.24) is 10.2 Å². The molecule has 0 atom stereocenters. The van der Waals surface area contributed by atoms with Gasteiger partial charge in [0.15, 0.2) is 0 Å². The fourth-order valence-electron chi connectivity index (χ4n) is 4.00. The van der Waals surface area contributed by atoms with Crippen molar-refractivity contribution in [2.45, 2.75) is 32.4 Å². The summed E-state index contributed by atoms with van der Waals surface area (Å²) in [5.74, 6) is -1.13. The van der Waals surface area contributed by atoms with E-state index in [-0.39, 0.29) is 0 Å². The Morgan fingerprint density at radius 3 is 2.29 bits per heavy atom. The minimum atomic E-state index is -5.08. The predicted molar refractivity (Wildman–Crippen MR) is 115 cm³/mol.